The molecule has 106 valence electrons. The fourth-order valence-electron chi connectivity index (χ4n) is 3.90. The summed E-state index contributed by atoms with van der Waals surface area (Å²) in [6.07, 6.45) is 10.0. The molecule has 2 aliphatic rings. The van der Waals surface area contributed by atoms with E-state index in [1.54, 1.807) is 0 Å². The predicted molar refractivity (Wildman–Crippen MR) is 71.7 cm³/mol. The van der Waals surface area contributed by atoms with Crippen LogP contribution < -0.4 is 0 Å². The average molecular weight is 270 g/mol. The number of alkyl halides is 2. The van der Waals surface area contributed by atoms with Crippen LogP contribution in [0.3, 0.4) is 0 Å². The fraction of sp³-hybridized carbons (Fsp3) is 0.625. The van der Waals surface area contributed by atoms with Gasteiger partial charge in [-0.15, -0.1) is 6.58 Å². The highest BCUT2D eigenvalue weighted by atomic mass is 19.3. The minimum absolute atomic E-state index is 0.585. The molecule has 0 nitrogen and oxygen atoms in total. The van der Waals surface area contributed by atoms with Crippen LogP contribution in [0.15, 0.2) is 36.7 Å². The van der Waals surface area contributed by atoms with Crippen LogP contribution in [-0.2, 0) is 0 Å². The number of hydrogen-bond donors (Lipinski definition) is 0. The summed E-state index contributed by atoms with van der Waals surface area (Å²) in [7, 11) is 0. The molecule has 1 unspecified atom stereocenters. The summed E-state index contributed by atoms with van der Waals surface area (Å²) >= 11 is 0. The van der Waals surface area contributed by atoms with Crippen molar-refractivity contribution in [3.63, 3.8) is 0 Å². The maximum Gasteiger partial charge on any atom is 0.311 e. The van der Waals surface area contributed by atoms with Crippen LogP contribution in [0.5, 0.6) is 0 Å². The number of halogens is 3. The van der Waals surface area contributed by atoms with Crippen LogP contribution >= 0.6 is 0 Å². The van der Waals surface area contributed by atoms with Gasteiger partial charge < -0.3 is 0 Å². The van der Waals surface area contributed by atoms with Crippen LogP contribution in [0.4, 0.5) is 13.2 Å². The largest absolute Gasteiger partial charge is 0.311 e. The van der Waals surface area contributed by atoms with Crippen LogP contribution in [0.25, 0.3) is 0 Å². The van der Waals surface area contributed by atoms with E-state index in [1.165, 1.54) is 18.2 Å². The van der Waals surface area contributed by atoms with Crippen molar-refractivity contribution in [3.8, 4) is 0 Å². The maximum absolute atomic E-state index is 14.6. The van der Waals surface area contributed by atoms with Crippen LogP contribution in [-0.4, -0.2) is 5.92 Å². The quantitative estimate of drug-likeness (QED) is 0.587. The Bertz CT molecular complexity index is 414. The zero-order valence-electron chi connectivity index (χ0n) is 11.4. The van der Waals surface area contributed by atoms with Gasteiger partial charge in [-0.2, -0.15) is 8.78 Å². The van der Waals surface area contributed by atoms with Crippen molar-refractivity contribution in [1.29, 1.82) is 0 Å². The monoisotopic (exact) mass is 270 g/mol. The number of allylic oxidation sites excluding steroid dienone is 5. The third-order valence-corrected chi connectivity index (χ3v) is 5.11. The van der Waals surface area contributed by atoms with Gasteiger partial charge in [0.05, 0.1) is 5.41 Å². The molecule has 0 saturated heterocycles. The molecule has 0 aromatic heterocycles. The van der Waals surface area contributed by atoms with Gasteiger partial charge in [-0.1, -0.05) is 44.4 Å². The Morgan fingerprint density at radius 3 is 2.42 bits per heavy atom. The standard InChI is InChI=1S/C16H21F3/c1-3-14(10-6-5-7-11-14)15(4-2)12-8-9-13(17)16(15,18)19/h4,8-9,12H,2-3,5-7,10-11H2,1H3. The van der Waals surface area contributed by atoms with Gasteiger partial charge >= 0.3 is 5.92 Å². The van der Waals surface area contributed by atoms with Gasteiger partial charge in [0.15, 0.2) is 5.83 Å². The third-order valence-electron chi connectivity index (χ3n) is 5.11. The van der Waals surface area contributed by atoms with Gasteiger partial charge in [-0.05, 0) is 30.8 Å². The van der Waals surface area contributed by atoms with Crippen molar-refractivity contribution in [2.75, 3.05) is 0 Å². The zero-order valence-corrected chi connectivity index (χ0v) is 11.4. The Hall–Kier alpha value is -0.990. The molecule has 1 atom stereocenters. The van der Waals surface area contributed by atoms with Crippen molar-refractivity contribution in [3.05, 3.63) is 36.7 Å². The molecule has 0 amide bonds. The second-order valence-corrected chi connectivity index (χ2v) is 5.72. The SMILES string of the molecule is C=CC1(C2(CC)CCCCC2)C=CC=C(F)C1(F)F. The molecule has 3 heteroatoms. The summed E-state index contributed by atoms with van der Waals surface area (Å²) in [5.74, 6) is -4.83. The Labute approximate surface area is 113 Å². The summed E-state index contributed by atoms with van der Waals surface area (Å²) in [6.45, 7) is 5.56. The minimum Gasteiger partial charge on any atom is -0.205 e. The summed E-state index contributed by atoms with van der Waals surface area (Å²) in [4.78, 5) is 0. The molecular formula is C16H21F3. The van der Waals surface area contributed by atoms with E-state index in [-0.39, 0.29) is 0 Å². The van der Waals surface area contributed by atoms with Gasteiger partial charge in [-0.25, -0.2) is 4.39 Å². The van der Waals surface area contributed by atoms with Crippen molar-refractivity contribution >= 4 is 0 Å². The Morgan fingerprint density at radius 2 is 1.89 bits per heavy atom. The highest BCUT2D eigenvalue weighted by molar-refractivity contribution is 5.36. The molecule has 0 radical (unpaired) electrons. The van der Waals surface area contributed by atoms with E-state index in [0.717, 1.165) is 25.3 Å². The second kappa shape index (κ2) is 4.84. The molecule has 0 spiro atoms. The summed E-state index contributed by atoms with van der Waals surface area (Å²) < 4.78 is 42.9. The molecule has 1 fully saturated rings. The van der Waals surface area contributed by atoms with E-state index in [9.17, 15) is 13.2 Å². The smallest absolute Gasteiger partial charge is 0.205 e. The van der Waals surface area contributed by atoms with E-state index in [1.807, 2.05) is 6.92 Å². The maximum atomic E-state index is 14.6. The van der Waals surface area contributed by atoms with Gasteiger partial charge in [0, 0.05) is 0 Å². The van der Waals surface area contributed by atoms with Crippen LogP contribution in [0.1, 0.15) is 45.4 Å². The van der Waals surface area contributed by atoms with E-state index >= 15 is 0 Å². The Morgan fingerprint density at radius 1 is 1.26 bits per heavy atom. The predicted octanol–water partition coefficient (Wildman–Crippen LogP) is 5.58. The summed E-state index contributed by atoms with van der Waals surface area (Å²) in [5.41, 5.74) is -2.17. The molecule has 0 aliphatic heterocycles. The summed E-state index contributed by atoms with van der Waals surface area (Å²) in [6, 6.07) is 0. The topological polar surface area (TPSA) is 0 Å². The third kappa shape index (κ3) is 1.81. The minimum atomic E-state index is -3.49. The van der Waals surface area contributed by atoms with Crippen LogP contribution in [0, 0.1) is 10.8 Å². The van der Waals surface area contributed by atoms with E-state index in [4.69, 9.17) is 0 Å². The first-order valence-corrected chi connectivity index (χ1v) is 7.03. The lowest BCUT2D eigenvalue weighted by molar-refractivity contribution is -0.132. The number of rotatable bonds is 3. The van der Waals surface area contributed by atoms with E-state index in [0.29, 0.717) is 19.3 Å². The lowest BCUT2D eigenvalue weighted by Crippen LogP contribution is -2.53. The molecule has 0 aromatic carbocycles. The van der Waals surface area contributed by atoms with Crippen molar-refractivity contribution in [2.45, 2.75) is 51.4 Å². The highest BCUT2D eigenvalue weighted by Crippen LogP contribution is 2.63. The molecule has 0 N–H and O–H groups in total. The molecule has 0 aromatic rings. The normalized spacial score (nSPS) is 32.7. The first-order chi connectivity index (χ1) is 8.96. The molecular weight excluding hydrogens is 249 g/mol. The van der Waals surface area contributed by atoms with Crippen molar-refractivity contribution in [2.24, 2.45) is 10.8 Å². The second-order valence-electron chi connectivity index (χ2n) is 5.72. The molecule has 1 saturated carbocycles. The average Bonchev–Trinajstić information content (AvgIpc) is 2.42. The molecule has 2 rings (SSSR count). The Balaban J connectivity index is 2.56. The van der Waals surface area contributed by atoms with E-state index in [2.05, 4.69) is 6.58 Å². The van der Waals surface area contributed by atoms with Crippen molar-refractivity contribution in [1.82, 2.24) is 0 Å². The molecule has 2 aliphatic carbocycles. The van der Waals surface area contributed by atoms with Gasteiger partial charge in [0.1, 0.15) is 0 Å². The first kappa shape index (κ1) is 14.4. The fourth-order valence-corrected chi connectivity index (χ4v) is 3.90. The summed E-state index contributed by atoms with van der Waals surface area (Å²) in [5, 5.41) is 0. The van der Waals surface area contributed by atoms with Gasteiger partial charge in [0.25, 0.3) is 0 Å². The van der Waals surface area contributed by atoms with Gasteiger partial charge in [-0.3, -0.25) is 0 Å². The Kier molecular flexibility index (Phi) is 3.67. The van der Waals surface area contributed by atoms with E-state index < -0.39 is 22.6 Å². The molecule has 0 heterocycles. The highest BCUT2D eigenvalue weighted by Gasteiger charge is 2.64. The van der Waals surface area contributed by atoms with Crippen molar-refractivity contribution < 1.29 is 13.2 Å². The molecule has 0 bridgehead atoms. The van der Waals surface area contributed by atoms with Gasteiger partial charge in [0.2, 0.25) is 0 Å². The zero-order chi connectivity index (χ0) is 14.1. The van der Waals surface area contributed by atoms with Crippen LogP contribution in [0.2, 0.25) is 0 Å². The lowest BCUT2D eigenvalue weighted by Gasteiger charge is -2.53. The first-order valence-electron chi connectivity index (χ1n) is 7.03. The lowest BCUT2D eigenvalue weighted by atomic mass is 9.52. The molecule has 19 heavy (non-hydrogen) atoms. The number of hydrogen-bond acceptors (Lipinski definition) is 0.